The highest BCUT2D eigenvalue weighted by atomic mass is 35.5. The van der Waals surface area contributed by atoms with E-state index in [0.717, 1.165) is 17.7 Å². The zero-order valence-electron chi connectivity index (χ0n) is 10.1. The first-order valence-electron chi connectivity index (χ1n) is 5.73. The maximum Gasteiger partial charge on any atom is 0.194 e. The summed E-state index contributed by atoms with van der Waals surface area (Å²) in [5.74, 6) is -4.03. The zero-order valence-corrected chi connectivity index (χ0v) is 11.7. The average molecular weight is 320 g/mol. The lowest BCUT2D eigenvalue weighted by Gasteiger charge is -2.14. The van der Waals surface area contributed by atoms with Gasteiger partial charge in [-0.3, -0.25) is 0 Å². The van der Waals surface area contributed by atoms with Gasteiger partial charge in [0.15, 0.2) is 17.5 Å². The Bertz CT molecular complexity index is 647. The molecule has 106 valence electrons. The second-order valence-electron chi connectivity index (χ2n) is 4.32. The Morgan fingerprint density at radius 1 is 0.950 bits per heavy atom. The van der Waals surface area contributed by atoms with Crippen molar-refractivity contribution in [2.24, 2.45) is 5.73 Å². The molecule has 20 heavy (non-hydrogen) atoms. The third-order valence-electron chi connectivity index (χ3n) is 2.90. The largest absolute Gasteiger partial charge is 0.324 e. The second kappa shape index (κ2) is 6.04. The monoisotopic (exact) mass is 319 g/mol. The summed E-state index contributed by atoms with van der Waals surface area (Å²) in [7, 11) is 0. The van der Waals surface area contributed by atoms with E-state index < -0.39 is 23.5 Å². The predicted molar refractivity (Wildman–Crippen MR) is 73.4 cm³/mol. The predicted octanol–water partition coefficient (Wildman–Crippen LogP) is 4.65. The van der Waals surface area contributed by atoms with Gasteiger partial charge in [-0.15, -0.1) is 0 Å². The van der Waals surface area contributed by atoms with E-state index >= 15 is 0 Å². The highest BCUT2D eigenvalue weighted by molar-refractivity contribution is 6.42. The van der Waals surface area contributed by atoms with Crippen molar-refractivity contribution in [2.75, 3.05) is 0 Å². The summed E-state index contributed by atoms with van der Waals surface area (Å²) >= 11 is 11.6. The SMILES string of the molecule is NC(Cc1ccc(Cl)c(Cl)c1)c1ccc(F)c(F)c1F. The average Bonchev–Trinajstić information content (AvgIpc) is 2.40. The summed E-state index contributed by atoms with van der Waals surface area (Å²) in [5, 5.41) is 0.741. The van der Waals surface area contributed by atoms with Crippen molar-refractivity contribution in [3.8, 4) is 0 Å². The molecule has 0 aliphatic heterocycles. The van der Waals surface area contributed by atoms with Crippen LogP contribution in [0.1, 0.15) is 17.2 Å². The molecule has 2 rings (SSSR count). The first-order chi connectivity index (χ1) is 9.40. The maximum absolute atomic E-state index is 13.6. The number of hydrogen-bond acceptors (Lipinski definition) is 1. The van der Waals surface area contributed by atoms with Crippen molar-refractivity contribution in [3.63, 3.8) is 0 Å². The van der Waals surface area contributed by atoms with Crippen LogP contribution in [-0.4, -0.2) is 0 Å². The van der Waals surface area contributed by atoms with Gasteiger partial charge in [-0.25, -0.2) is 13.2 Å². The molecule has 0 amide bonds. The van der Waals surface area contributed by atoms with Crippen molar-refractivity contribution in [1.82, 2.24) is 0 Å². The van der Waals surface area contributed by atoms with E-state index in [4.69, 9.17) is 28.9 Å². The first-order valence-corrected chi connectivity index (χ1v) is 6.48. The number of halogens is 5. The third-order valence-corrected chi connectivity index (χ3v) is 3.64. The first kappa shape index (κ1) is 15.2. The molecule has 2 aromatic carbocycles. The summed E-state index contributed by atoms with van der Waals surface area (Å²) < 4.78 is 39.6. The van der Waals surface area contributed by atoms with Crippen LogP contribution in [0.25, 0.3) is 0 Å². The molecular formula is C14H10Cl2F3N. The molecule has 0 fully saturated rings. The highest BCUT2D eigenvalue weighted by Crippen LogP contribution is 2.26. The summed E-state index contributed by atoms with van der Waals surface area (Å²) in [6.07, 6.45) is 0.221. The number of benzene rings is 2. The van der Waals surface area contributed by atoms with Crippen LogP contribution < -0.4 is 5.73 Å². The molecule has 0 saturated carbocycles. The minimum atomic E-state index is -1.52. The lowest BCUT2D eigenvalue weighted by atomic mass is 9.99. The molecule has 6 heteroatoms. The summed E-state index contributed by atoms with van der Waals surface area (Å²) in [6, 6.07) is 6.04. The quantitative estimate of drug-likeness (QED) is 0.818. The van der Waals surface area contributed by atoms with E-state index in [1.54, 1.807) is 18.2 Å². The molecule has 1 unspecified atom stereocenters. The van der Waals surface area contributed by atoms with Gasteiger partial charge in [0.2, 0.25) is 0 Å². The molecule has 1 nitrogen and oxygen atoms in total. The van der Waals surface area contributed by atoms with E-state index in [0.29, 0.717) is 10.0 Å². The molecule has 2 aromatic rings. The van der Waals surface area contributed by atoms with Crippen molar-refractivity contribution in [3.05, 3.63) is 69.0 Å². The molecule has 2 N–H and O–H groups in total. The van der Waals surface area contributed by atoms with Gasteiger partial charge in [-0.1, -0.05) is 35.3 Å². The van der Waals surface area contributed by atoms with Gasteiger partial charge in [0.1, 0.15) is 0 Å². The maximum atomic E-state index is 13.6. The number of nitrogens with two attached hydrogens (primary N) is 1. The molecule has 0 aromatic heterocycles. The summed E-state index contributed by atoms with van der Waals surface area (Å²) in [6.45, 7) is 0. The van der Waals surface area contributed by atoms with Gasteiger partial charge in [-0.05, 0) is 30.2 Å². The molecule has 0 spiro atoms. The van der Waals surface area contributed by atoms with Gasteiger partial charge >= 0.3 is 0 Å². The lowest BCUT2D eigenvalue weighted by molar-refractivity contribution is 0.435. The van der Waals surface area contributed by atoms with Gasteiger partial charge in [-0.2, -0.15) is 0 Å². The topological polar surface area (TPSA) is 26.0 Å². The van der Waals surface area contributed by atoms with E-state index in [9.17, 15) is 13.2 Å². The fraction of sp³-hybridized carbons (Fsp3) is 0.143. The Balaban J connectivity index is 2.26. The van der Waals surface area contributed by atoms with Gasteiger partial charge in [0.25, 0.3) is 0 Å². The van der Waals surface area contributed by atoms with Crippen molar-refractivity contribution >= 4 is 23.2 Å². The van der Waals surface area contributed by atoms with E-state index in [1.807, 2.05) is 0 Å². The number of hydrogen-bond donors (Lipinski definition) is 1. The summed E-state index contributed by atoms with van der Waals surface area (Å²) in [5.41, 5.74) is 6.46. The standard InChI is InChI=1S/C14H10Cl2F3N/c15-9-3-1-7(5-10(9)16)6-12(20)8-2-4-11(17)14(19)13(8)18/h1-5,12H,6,20H2. The molecule has 0 saturated heterocycles. The molecule has 0 aliphatic carbocycles. The Kier molecular flexibility index (Phi) is 4.58. The third kappa shape index (κ3) is 3.08. The van der Waals surface area contributed by atoms with Crippen LogP contribution in [0, 0.1) is 17.5 Å². The molecule has 0 bridgehead atoms. The van der Waals surface area contributed by atoms with Crippen molar-refractivity contribution < 1.29 is 13.2 Å². The van der Waals surface area contributed by atoms with Crippen LogP contribution in [0.3, 0.4) is 0 Å². The van der Waals surface area contributed by atoms with Crippen LogP contribution in [0.5, 0.6) is 0 Å². The van der Waals surface area contributed by atoms with Crippen LogP contribution in [0.4, 0.5) is 13.2 Å². The zero-order chi connectivity index (χ0) is 14.9. The molecule has 0 heterocycles. The molecule has 0 radical (unpaired) electrons. The second-order valence-corrected chi connectivity index (χ2v) is 5.14. The van der Waals surface area contributed by atoms with Crippen molar-refractivity contribution in [2.45, 2.75) is 12.5 Å². The number of rotatable bonds is 3. The van der Waals surface area contributed by atoms with E-state index in [2.05, 4.69) is 0 Å². The van der Waals surface area contributed by atoms with Crippen molar-refractivity contribution in [1.29, 1.82) is 0 Å². The molecule has 0 aliphatic rings. The van der Waals surface area contributed by atoms with Crippen LogP contribution >= 0.6 is 23.2 Å². The normalized spacial score (nSPS) is 12.5. The molecule has 1 atom stereocenters. The van der Waals surface area contributed by atoms with Gasteiger partial charge in [0.05, 0.1) is 10.0 Å². The lowest BCUT2D eigenvalue weighted by Crippen LogP contribution is -2.16. The van der Waals surface area contributed by atoms with Gasteiger partial charge < -0.3 is 5.73 Å². The Hall–Kier alpha value is -1.23. The van der Waals surface area contributed by atoms with Gasteiger partial charge in [0, 0.05) is 11.6 Å². The van der Waals surface area contributed by atoms with Crippen LogP contribution in [-0.2, 0) is 6.42 Å². The van der Waals surface area contributed by atoms with E-state index in [-0.39, 0.29) is 12.0 Å². The Morgan fingerprint density at radius 2 is 1.65 bits per heavy atom. The van der Waals surface area contributed by atoms with Crippen LogP contribution in [0.2, 0.25) is 10.0 Å². The van der Waals surface area contributed by atoms with Crippen LogP contribution in [0.15, 0.2) is 30.3 Å². The fourth-order valence-electron chi connectivity index (χ4n) is 1.86. The fourth-order valence-corrected chi connectivity index (χ4v) is 2.18. The summed E-state index contributed by atoms with van der Waals surface area (Å²) in [4.78, 5) is 0. The smallest absolute Gasteiger partial charge is 0.194 e. The molecular weight excluding hydrogens is 310 g/mol. The Labute approximate surface area is 124 Å². The minimum Gasteiger partial charge on any atom is -0.324 e. The minimum absolute atomic E-state index is 0.0880. The van der Waals surface area contributed by atoms with E-state index in [1.165, 1.54) is 0 Å². The highest BCUT2D eigenvalue weighted by Gasteiger charge is 2.18. The Morgan fingerprint density at radius 3 is 2.30 bits per heavy atom.